The van der Waals surface area contributed by atoms with Crippen molar-refractivity contribution >= 4 is 5.91 Å². The van der Waals surface area contributed by atoms with E-state index >= 15 is 0 Å². The van der Waals surface area contributed by atoms with Gasteiger partial charge in [0.15, 0.2) is 5.76 Å². The second-order valence-electron chi connectivity index (χ2n) is 8.25. The minimum atomic E-state index is -0.0279. The van der Waals surface area contributed by atoms with Crippen LogP contribution in [0.25, 0.3) is 22.6 Å². The lowest BCUT2D eigenvalue weighted by Crippen LogP contribution is -2.31. The topological polar surface area (TPSA) is 55.6 Å². The number of methoxy groups -OCH3 is 1. The second kappa shape index (κ2) is 8.94. The summed E-state index contributed by atoms with van der Waals surface area (Å²) in [5, 5.41) is 0. The third kappa shape index (κ3) is 4.02. The highest BCUT2D eigenvalue weighted by Gasteiger charge is 2.32. The maximum absolute atomic E-state index is 12.8. The Hall–Kier alpha value is -3.86. The predicted molar refractivity (Wildman–Crippen MR) is 128 cm³/mol. The summed E-state index contributed by atoms with van der Waals surface area (Å²) in [5.41, 5.74) is 5.05. The first kappa shape index (κ1) is 21.0. The van der Waals surface area contributed by atoms with Gasteiger partial charge in [0.05, 0.1) is 19.7 Å². The molecule has 1 aliphatic carbocycles. The van der Waals surface area contributed by atoms with Crippen molar-refractivity contribution in [1.82, 2.24) is 9.88 Å². The van der Waals surface area contributed by atoms with Gasteiger partial charge in [0.25, 0.3) is 0 Å². The lowest BCUT2D eigenvalue weighted by molar-refractivity contribution is -0.132. The monoisotopic (exact) mass is 438 g/mol. The number of hydrogen-bond donors (Lipinski definition) is 0. The Kier molecular flexibility index (Phi) is 5.69. The van der Waals surface area contributed by atoms with Crippen molar-refractivity contribution in [2.24, 2.45) is 0 Å². The van der Waals surface area contributed by atoms with E-state index in [-0.39, 0.29) is 11.9 Å². The van der Waals surface area contributed by atoms with Crippen molar-refractivity contribution in [3.05, 3.63) is 95.9 Å². The van der Waals surface area contributed by atoms with Gasteiger partial charge in [-0.15, -0.1) is 0 Å². The summed E-state index contributed by atoms with van der Waals surface area (Å²) in [5.74, 6) is 2.12. The number of aromatic nitrogens is 1. The third-order valence-electron chi connectivity index (χ3n) is 6.26. The minimum Gasteiger partial charge on any atom is -0.496 e. The number of ether oxygens (including phenoxy) is 1. The van der Waals surface area contributed by atoms with Crippen LogP contribution in [0.4, 0.5) is 0 Å². The Morgan fingerprint density at radius 3 is 2.36 bits per heavy atom. The van der Waals surface area contributed by atoms with Crippen molar-refractivity contribution in [2.45, 2.75) is 32.4 Å². The largest absolute Gasteiger partial charge is 0.496 e. The highest BCUT2D eigenvalue weighted by molar-refractivity contribution is 5.77. The van der Waals surface area contributed by atoms with Crippen molar-refractivity contribution in [2.75, 3.05) is 7.11 Å². The summed E-state index contributed by atoms with van der Waals surface area (Å²) in [7, 11) is 1.69. The maximum Gasteiger partial charge on any atom is 0.220 e. The molecule has 33 heavy (non-hydrogen) atoms. The minimum absolute atomic E-state index is 0.00334. The smallest absolute Gasteiger partial charge is 0.220 e. The quantitative estimate of drug-likeness (QED) is 0.368. The molecule has 5 nitrogen and oxygen atoms in total. The van der Waals surface area contributed by atoms with E-state index in [9.17, 15) is 4.79 Å². The van der Waals surface area contributed by atoms with E-state index in [2.05, 4.69) is 6.07 Å². The van der Waals surface area contributed by atoms with Crippen LogP contribution in [-0.2, 0) is 17.8 Å². The van der Waals surface area contributed by atoms with Crippen LogP contribution in [0.15, 0.2) is 83.3 Å². The highest BCUT2D eigenvalue weighted by atomic mass is 16.5. The number of rotatable bonds is 6. The fraction of sp³-hybridized carbons (Fsp3) is 0.214. The zero-order valence-electron chi connectivity index (χ0n) is 18.8. The summed E-state index contributed by atoms with van der Waals surface area (Å²) >= 11 is 0. The molecule has 0 N–H and O–H groups in total. The fourth-order valence-electron chi connectivity index (χ4n) is 4.71. The number of nitrogens with zero attached hydrogens (tertiary/aromatic N) is 2. The van der Waals surface area contributed by atoms with Crippen LogP contribution in [0.1, 0.15) is 36.4 Å². The van der Waals surface area contributed by atoms with Gasteiger partial charge in [0.2, 0.25) is 11.8 Å². The average Bonchev–Trinajstić information content (AvgIpc) is 3.48. The van der Waals surface area contributed by atoms with Crippen molar-refractivity contribution in [1.29, 1.82) is 0 Å². The Morgan fingerprint density at radius 1 is 1.00 bits per heavy atom. The average molecular weight is 439 g/mol. The van der Waals surface area contributed by atoms with E-state index in [0.29, 0.717) is 18.2 Å². The predicted octanol–water partition coefficient (Wildman–Crippen LogP) is 6.05. The van der Waals surface area contributed by atoms with Crippen molar-refractivity contribution < 1.29 is 13.9 Å². The lowest BCUT2D eigenvalue weighted by Gasteiger charge is -2.27. The molecule has 0 radical (unpaired) electrons. The number of carbonyl (C=O) groups is 1. The normalized spacial score (nSPS) is 14.7. The molecule has 0 bridgehead atoms. The van der Waals surface area contributed by atoms with E-state index in [1.54, 1.807) is 14.0 Å². The number of amides is 1. The number of fused-ring (bicyclic) bond motifs is 1. The molecule has 1 aromatic heterocycles. The van der Waals surface area contributed by atoms with Gasteiger partial charge >= 0.3 is 0 Å². The van der Waals surface area contributed by atoms with Crippen LogP contribution in [0, 0.1) is 0 Å². The van der Waals surface area contributed by atoms with Gasteiger partial charge in [0, 0.05) is 18.1 Å². The standard InChI is InChI=1S/C28H26N2O3/c1-19(31)30(24-17-16-23-22(24)14-9-15-25(23)32-2)18-26-29-27(20-10-5-3-6-11-20)28(33-26)21-12-7-4-8-13-21/h3-15,24H,16-18H2,1-2H3. The molecule has 0 saturated heterocycles. The Labute approximate surface area is 193 Å². The lowest BCUT2D eigenvalue weighted by atomic mass is 10.1. The van der Waals surface area contributed by atoms with Gasteiger partial charge < -0.3 is 14.1 Å². The van der Waals surface area contributed by atoms with Crippen LogP contribution in [0.5, 0.6) is 5.75 Å². The Bertz CT molecular complexity index is 1210. The highest BCUT2D eigenvalue weighted by Crippen LogP contribution is 2.41. The molecule has 1 heterocycles. The summed E-state index contributed by atoms with van der Waals surface area (Å²) in [6.45, 7) is 1.92. The number of carbonyl (C=O) groups excluding carboxylic acids is 1. The molecule has 5 heteroatoms. The molecule has 5 rings (SSSR count). The maximum atomic E-state index is 12.8. The zero-order valence-corrected chi connectivity index (χ0v) is 18.8. The van der Waals surface area contributed by atoms with Crippen LogP contribution >= 0.6 is 0 Å². The SMILES string of the molecule is COc1cccc2c1CCC2N(Cc1nc(-c2ccccc2)c(-c2ccccc2)o1)C(C)=O. The fourth-order valence-corrected chi connectivity index (χ4v) is 4.71. The van der Waals surface area contributed by atoms with Gasteiger partial charge in [-0.1, -0.05) is 72.8 Å². The first-order valence-corrected chi connectivity index (χ1v) is 11.2. The molecule has 3 aromatic carbocycles. The van der Waals surface area contributed by atoms with Crippen LogP contribution < -0.4 is 4.74 Å². The van der Waals surface area contributed by atoms with Crippen LogP contribution in [0.2, 0.25) is 0 Å². The van der Waals surface area contributed by atoms with Gasteiger partial charge in [-0.05, 0) is 30.0 Å². The molecule has 4 aromatic rings. The molecule has 1 amide bonds. The zero-order chi connectivity index (χ0) is 22.8. The molecule has 0 fully saturated rings. The van der Waals surface area contributed by atoms with E-state index in [1.165, 1.54) is 5.56 Å². The summed E-state index contributed by atoms with van der Waals surface area (Å²) < 4.78 is 11.8. The summed E-state index contributed by atoms with van der Waals surface area (Å²) in [6, 6.07) is 26.0. The van der Waals surface area contributed by atoms with Gasteiger partial charge in [-0.3, -0.25) is 4.79 Å². The van der Waals surface area contributed by atoms with Gasteiger partial charge in [-0.25, -0.2) is 4.98 Å². The van der Waals surface area contributed by atoms with E-state index in [1.807, 2.05) is 77.7 Å². The number of hydrogen-bond acceptors (Lipinski definition) is 4. The number of benzene rings is 3. The number of oxazole rings is 1. The summed E-state index contributed by atoms with van der Waals surface area (Å²) in [6.07, 6.45) is 1.73. The Morgan fingerprint density at radius 2 is 1.70 bits per heavy atom. The molecular weight excluding hydrogens is 412 g/mol. The second-order valence-corrected chi connectivity index (χ2v) is 8.25. The van der Waals surface area contributed by atoms with Gasteiger partial charge in [-0.2, -0.15) is 0 Å². The first-order valence-electron chi connectivity index (χ1n) is 11.2. The molecule has 1 aliphatic rings. The molecule has 0 aliphatic heterocycles. The van der Waals surface area contributed by atoms with E-state index in [4.69, 9.17) is 14.1 Å². The molecule has 1 unspecified atom stereocenters. The molecule has 166 valence electrons. The molecule has 0 saturated carbocycles. The molecule has 0 spiro atoms. The van der Waals surface area contributed by atoms with E-state index in [0.717, 1.165) is 41.0 Å². The molecule has 1 atom stereocenters. The summed E-state index contributed by atoms with van der Waals surface area (Å²) in [4.78, 5) is 19.5. The third-order valence-corrected chi connectivity index (χ3v) is 6.26. The first-order chi connectivity index (χ1) is 16.2. The van der Waals surface area contributed by atoms with E-state index < -0.39 is 0 Å². The van der Waals surface area contributed by atoms with Crippen LogP contribution in [0.3, 0.4) is 0 Å². The molecular formula is C28H26N2O3. The van der Waals surface area contributed by atoms with Crippen LogP contribution in [-0.4, -0.2) is 22.9 Å². The Balaban J connectivity index is 1.52. The van der Waals surface area contributed by atoms with Gasteiger partial charge in [0.1, 0.15) is 11.4 Å². The van der Waals surface area contributed by atoms with Crippen molar-refractivity contribution in [3.63, 3.8) is 0 Å². The van der Waals surface area contributed by atoms with Crippen molar-refractivity contribution in [3.8, 4) is 28.3 Å².